The number of quaternary nitrogens is 2. The minimum atomic E-state index is 0.112. The molecule has 1 aromatic carbocycles. The van der Waals surface area contributed by atoms with Crippen LogP contribution in [0.3, 0.4) is 0 Å². The molecule has 7 nitrogen and oxygen atoms in total. The van der Waals surface area contributed by atoms with Crippen LogP contribution < -0.4 is 9.80 Å². The van der Waals surface area contributed by atoms with Gasteiger partial charge in [-0.15, -0.1) is 5.10 Å². The quantitative estimate of drug-likeness (QED) is 0.547. The normalized spacial score (nSPS) is 21.0. The van der Waals surface area contributed by atoms with Crippen LogP contribution in [0.1, 0.15) is 23.2 Å². The Bertz CT molecular complexity index is 837. The van der Waals surface area contributed by atoms with Crippen LogP contribution in [0, 0.1) is 0 Å². The molecular weight excluding hydrogens is 340 g/mol. The van der Waals surface area contributed by atoms with Crippen molar-refractivity contribution < 1.29 is 14.2 Å². The highest BCUT2D eigenvalue weighted by atomic mass is 16.3. The zero-order valence-corrected chi connectivity index (χ0v) is 15.4. The molecule has 1 aliphatic heterocycles. The predicted molar refractivity (Wildman–Crippen MR) is 100 cm³/mol. The number of hydrogen-bond donors (Lipinski definition) is 2. The number of nitrogens with zero attached hydrogens (tertiary/aromatic N) is 4. The van der Waals surface area contributed by atoms with Gasteiger partial charge in [-0.2, -0.15) is 0 Å². The van der Waals surface area contributed by atoms with E-state index in [4.69, 9.17) is 4.42 Å². The largest absolute Gasteiger partial charge is 0.467 e. The highest BCUT2D eigenvalue weighted by molar-refractivity contribution is 5.22. The maximum atomic E-state index is 5.50. The van der Waals surface area contributed by atoms with E-state index < -0.39 is 0 Å². The van der Waals surface area contributed by atoms with E-state index in [-0.39, 0.29) is 6.04 Å². The van der Waals surface area contributed by atoms with Crippen LogP contribution >= 0.6 is 0 Å². The van der Waals surface area contributed by atoms with Gasteiger partial charge in [0.1, 0.15) is 38.5 Å². The lowest BCUT2D eigenvalue weighted by Crippen LogP contribution is -3.28. The van der Waals surface area contributed by atoms with E-state index in [1.54, 1.807) is 11.2 Å². The van der Waals surface area contributed by atoms with Gasteiger partial charge in [-0.1, -0.05) is 36.9 Å². The van der Waals surface area contributed by atoms with Gasteiger partial charge in [0.05, 0.1) is 12.8 Å². The van der Waals surface area contributed by atoms with Crippen molar-refractivity contribution in [3.05, 3.63) is 78.5 Å². The Labute approximate surface area is 158 Å². The molecule has 1 saturated heterocycles. The Balaban J connectivity index is 1.62. The third-order valence-corrected chi connectivity index (χ3v) is 5.28. The highest BCUT2D eigenvalue weighted by Crippen LogP contribution is 2.17. The molecule has 0 aliphatic carbocycles. The van der Waals surface area contributed by atoms with Crippen LogP contribution in [0.15, 0.2) is 65.8 Å². The first-order valence-corrected chi connectivity index (χ1v) is 9.47. The van der Waals surface area contributed by atoms with Crippen molar-refractivity contribution in [1.82, 2.24) is 20.2 Å². The maximum absolute atomic E-state index is 5.50. The summed E-state index contributed by atoms with van der Waals surface area (Å²) in [6.45, 7) is 9.86. The summed E-state index contributed by atoms with van der Waals surface area (Å²) in [5.41, 5.74) is 1.25. The van der Waals surface area contributed by atoms with Gasteiger partial charge in [0.25, 0.3) is 0 Å². The van der Waals surface area contributed by atoms with Crippen molar-refractivity contribution in [1.29, 1.82) is 0 Å². The lowest BCUT2D eigenvalue weighted by molar-refractivity contribution is -1.02. The van der Waals surface area contributed by atoms with Gasteiger partial charge in [0, 0.05) is 5.56 Å². The van der Waals surface area contributed by atoms with Crippen molar-refractivity contribution in [3.63, 3.8) is 0 Å². The summed E-state index contributed by atoms with van der Waals surface area (Å²) in [4.78, 5) is 3.10. The Morgan fingerprint density at radius 3 is 2.63 bits per heavy atom. The molecule has 0 amide bonds. The van der Waals surface area contributed by atoms with Crippen LogP contribution in [-0.2, 0) is 6.54 Å². The first kappa shape index (κ1) is 17.6. The fourth-order valence-electron chi connectivity index (χ4n) is 3.92. The third-order valence-electron chi connectivity index (χ3n) is 5.28. The smallest absolute Gasteiger partial charge is 0.214 e. The molecule has 0 saturated carbocycles. The van der Waals surface area contributed by atoms with Gasteiger partial charge in [-0.05, 0) is 28.6 Å². The van der Waals surface area contributed by atoms with Crippen LogP contribution in [0.2, 0.25) is 0 Å². The minimum Gasteiger partial charge on any atom is -0.467 e. The van der Waals surface area contributed by atoms with E-state index >= 15 is 0 Å². The summed E-state index contributed by atoms with van der Waals surface area (Å²) in [6, 6.07) is 14.5. The molecule has 2 N–H and O–H groups in total. The molecule has 1 aliphatic rings. The lowest BCUT2D eigenvalue weighted by Gasteiger charge is -2.33. The van der Waals surface area contributed by atoms with Crippen molar-refractivity contribution in [2.45, 2.75) is 12.6 Å². The van der Waals surface area contributed by atoms with E-state index in [1.807, 2.05) is 29.0 Å². The Kier molecular flexibility index (Phi) is 5.41. The van der Waals surface area contributed by atoms with Crippen molar-refractivity contribution in [3.8, 4) is 0 Å². The Morgan fingerprint density at radius 1 is 1.11 bits per heavy atom. The van der Waals surface area contributed by atoms with Crippen molar-refractivity contribution in [2.24, 2.45) is 0 Å². The molecule has 0 radical (unpaired) electrons. The first-order valence-electron chi connectivity index (χ1n) is 9.47. The number of piperazine rings is 1. The number of rotatable bonds is 7. The molecule has 4 rings (SSSR count). The average molecular weight is 366 g/mol. The topological polar surface area (TPSA) is 65.6 Å². The fourth-order valence-corrected chi connectivity index (χ4v) is 3.92. The maximum Gasteiger partial charge on any atom is 0.214 e. The van der Waals surface area contributed by atoms with Gasteiger partial charge in [-0.25, -0.2) is 4.68 Å². The zero-order valence-electron chi connectivity index (χ0n) is 15.4. The molecule has 27 heavy (non-hydrogen) atoms. The molecule has 2 aromatic heterocycles. The van der Waals surface area contributed by atoms with Gasteiger partial charge < -0.3 is 14.2 Å². The molecule has 1 atom stereocenters. The summed E-state index contributed by atoms with van der Waals surface area (Å²) in [7, 11) is 0. The van der Waals surface area contributed by atoms with Crippen LogP contribution in [0.4, 0.5) is 0 Å². The molecule has 7 heteroatoms. The molecule has 0 spiro atoms. The second-order valence-corrected chi connectivity index (χ2v) is 7.02. The number of benzene rings is 1. The van der Waals surface area contributed by atoms with Crippen LogP contribution in [0.5, 0.6) is 0 Å². The van der Waals surface area contributed by atoms with Gasteiger partial charge in [-0.3, -0.25) is 0 Å². The number of furan rings is 1. The summed E-state index contributed by atoms with van der Waals surface area (Å²) >= 11 is 0. The third kappa shape index (κ3) is 3.99. The predicted octanol–water partition coefficient (Wildman–Crippen LogP) is -0.627. The fraction of sp³-hybridized carbons (Fsp3) is 0.350. The standard InChI is InChI=1S/C20H24N6O/c1-2-10-24-11-13-25(14-12-24)19(17-7-4-3-5-8-17)20-21-22-23-26(20)16-18-9-6-15-27-18/h2-9,15,19H,1,10-14,16H2/p+2/t19-/m1/s1. The number of nitrogens with one attached hydrogen (secondary N) is 2. The molecule has 1 fully saturated rings. The Hall–Kier alpha value is -2.77. The summed E-state index contributed by atoms with van der Waals surface area (Å²) < 4.78 is 7.37. The minimum absolute atomic E-state index is 0.112. The number of aromatic nitrogens is 4. The summed E-state index contributed by atoms with van der Waals surface area (Å²) in [5, 5.41) is 12.6. The molecular formula is C20H26N6O+2. The number of hydrogen-bond acceptors (Lipinski definition) is 4. The molecule has 140 valence electrons. The summed E-state index contributed by atoms with van der Waals surface area (Å²) in [5.74, 6) is 1.74. The van der Waals surface area contributed by atoms with Crippen LogP contribution in [0.25, 0.3) is 0 Å². The van der Waals surface area contributed by atoms with E-state index in [1.165, 1.54) is 10.5 Å². The van der Waals surface area contributed by atoms with E-state index in [0.717, 1.165) is 44.3 Å². The SMILES string of the molecule is C=CC[NH+]1CC[NH+]([C@H](c2ccccc2)c2nnnn2Cc2ccco2)CC1. The first-order chi connectivity index (χ1) is 13.3. The van der Waals surface area contributed by atoms with E-state index in [2.05, 4.69) is 46.4 Å². The monoisotopic (exact) mass is 366 g/mol. The average Bonchev–Trinajstić information content (AvgIpc) is 3.38. The van der Waals surface area contributed by atoms with E-state index in [9.17, 15) is 0 Å². The molecule has 0 bridgehead atoms. The lowest BCUT2D eigenvalue weighted by atomic mass is 10.0. The van der Waals surface area contributed by atoms with Gasteiger partial charge >= 0.3 is 0 Å². The second kappa shape index (κ2) is 8.28. The molecule has 3 heterocycles. The van der Waals surface area contributed by atoms with Gasteiger partial charge in [0.15, 0.2) is 6.04 Å². The Morgan fingerprint density at radius 2 is 1.93 bits per heavy atom. The van der Waals surface area contributed by atoms with Crippen LogP contribution in [-0.4, -0.2) is 52.9 Å². The molecule has 0 unspecified atom stereocenters. The second-order valence-electron chi connectivity index (χ2n) is 7.02. The van der Waals surface area contributed by atoms with E-state index in [0.29, 0.717) is 6.54 Å². The molecule has 3 aromatic rings. The van der Waals surface area contributed by atoms with Gasteiger partial charge in [0.2, 0.25) is 5.82 Å². The zero-order chi connectivity index (χ0) is 18.5. The number of tetrazole rings is 1. The summed E-state index contributed by atoms with van der Waals surface area (Å²) in [6.07, 6.45) is 3.69. The van der Waals surface area contributed by atoms with Crippen molar-refractivity contribution >= 4 is 0 Å². The van der Waals surface area contributed by atoms with Crippen molar-refractivity contribution in [2.75, 3.05) is 32.7 Å². The highest BCUT2D eigenvalue weighted by Gasteiger charge is 2.35.